The van der Waals surface area contributed by atoms with Crippen LogP contribution in [0.3, 0.4) is 0 Å². The van der Waals surface area contributed by atoms with Gasteiger partial charge in [0, 0.05) is 6.42 Å². The average molecular weight is 333 g/mol. The van der Waals surface area contributed by atoms with Gasteiger partial charge in [0.05, 0.1) is 24.9 Å². The molecule has 1 amide bonds. The maximum atomic E-state index is 12.2. The van der Waals surface area contributed by atoms with E-state index in [0.717, 1.165) is 5.56 Å². The molecule has 2 atom stereocenters. The summed E-state index contributed by atoms with van der Waals surface area (Å²) in [4.78, 5) is 12.2. The van der Waals surface area contributed by atoms with Crippen molar-refractivity contribution in [2.45, 2.75) is 51.4 Å². The summed E-state index contributed by atoms with van der Waals surface area (Å²) in [6.45, 7) is 7.34. The molecule has 132 valence electrons. The summed E-state index contributed by atoms with van der Waals surface area (Å²) in [5, 5.41) is 22.3. The van der Waals surface area contributed by atoms with E-state index in [4.69, 9.17) is 4.74 Å². The van der Waals surface area contributed by atoms with Crippen molar-refractivity contribution in [3.8, 4) is 11.8 Å². The number of carbonyl (C=O) groups excluding carboxylic acids is 1. The Hall–Kier alpha value is -1.87. The Kier molecular flexibility index (Phi) is 7.43. The lowest BCUT2D eigenvalue weighted by Crippen LogP contribution is -2.45. The molecule has 5 nitrogen and oxygen atoms in total. The van der Waals surface area contributed by atoms with E-state index in [1.54, 1.807) is 12.1 Å². The molecular formula is C19H27NO4. The number of benzene rings is 1. The zero-order valence-corrected chi connectivity index (χ0v) is 14.8. The van der Waals surface area contributed by atoms with Crippen molar-refractivity contribution < 1.29 is 19.7 Å². The largest absolute Gasteiger partial charge is 0.394 e. The van der Waals surface area contributed by atoms with E-state index in [1.807, 2.05) is 39.0 Å². The number of hydrogen-bond acceptors (Lipinski definition) is 4. The number of amides is 1. The predicted molar refractivity (Wildman–Crippen MR) is 93.1 cm³/mol. The first-order valence-corrected chi connectivity index (χ1v) is 7.99. The second-order valence-corrected chi connectivity index (χ2v) is 6.70. The van der Waals surface area contributed by atoms with Gasteiger partial charge in [-0.05, 0) is 33.3 Å². The number of aliphatic hydroxyl groups excluding tert-OH is 1. The van der Waals surface area contributed by atoms with E-state index < -0.39 is 17.6 Å². The number of ether oxygens (including phenoxy) is 1. The van der Waals surface area contributed by atoms with Gasteiger partial charge < -0.3 is 20.3 Å². The van der Waals surface area contributed by atoms with Crippen molar-refractivity contribution in [1.29, 1.82) is 0 Å². The lowest BCUT2D eigenvalue weighted by Gasteiger charge is -2.22. The average Bonchev–Trinajstić information content (AvgIpc) is 2.51. The monoisotopic (exact) mass is 333 g/mol. The van der Waals surface area contributed by atoms with Crippen LogP contribution in [0.5, 0.6) is 0 Å². The molecule has 0 radical (unpaired) electrons. The Morgan fingerprint density at radius 1 is 1.25 bits per heavy atom. The first-order chi connectivity index (χ1) is 11.2. The fourth-order valence-corrected chi connectivity index (χ4v) is 1.92. The second kappa shape index (κ2) is 8.84. The first kappa shape index (κ1) is 20.2. The first-order valence-electron chi connectivity index (χ1n) is 7.99. The lowest BCUT2D eigenvalue weighted by molar-refractivity contribution is -0.134. The van der Waals surface area contributed by atoms with E-state index in [1.165, 1.54) is 6.92 Å². The lowest BCUT2D eigenvalue weighted by atomic mass is 10.0. The van der Waals surface area contributed by atoms with E-state index in [0.29, 0.717) is 13.0 Å². The number of carbonyl (C=O) groups is 1. The summed E-state index contributed by atoms with van der Waals surface area (Å²) in [6.07, 6.45) is 0.419. The van der Waals surface area contributed by atoms with E-state index in [-0.39, 0.29) is 12.2 Å². The van der Waals surface area contributed by atoms with E-state index >= 15 is 0 Å². The molecule has 0 bridgehead atoms. The number of aliphatic hydroxyl groups is 2. The van der Waals surface area contributed by atoms with Crippen molar-refractivity contribution in [1.82, 2.24) is 5.32 Å². The minimum Gasteiger partial charge on any atom is -0.394 e. The van der Waals surface area contributed by atoms with Crippen LogP contribution in [-0.4, -0.2) is 40.5 Å². The third-order valence-electron chi connectivity index (χ3n) is 3.23. The van der Waals surface area contributed by atoms with Crippen LogP contribution in [0, 0.1) is 11.8 Å². The molecule has 0 spiro atoms. The highest BCUT2D eigenvalue weighted by Crippen LogP contribution is 2.13. The number of hydrogen-bond donors (Lipinski definition) is 3. The SMILES string of the molecule is CC(C)(C)OCCC#CC(C)(O)C(=O)N[C@@H](CO)c1ccccc1. The molecule has 0 saturated carbocycles. The van der Waals surface area contributed by atoms with Crippen molar-refractivity contribution in [2.75, 3.05) is 13.2 Å². The van der Waals surface area contributed by atoms with Crippen LogP contribution in [-0.2, 0) is 9.53 Å². The van der Waals surface area contributed by atoms with Crippen LogP contribution in [0.4, 0.5) is 0 Å². The summed E-state index contributed by atoms with van der Waals surface area (Å²) in [5.41, 5.74) is -1.31. The molecule has 0 saturated heterocycles. The quantitative estimate of drug-likeness (QED) is 0.548. The smallest absolute Gasteiger partial charge is 0.264 e. The maximum absolute atomic E-state index is 12.2. The summed E-state index contributed by atoms with van der Waals surface area (Å²) in [6, 6.07) is 8.49. The van der Waals surface area contributed by atoms with Gasteiger partial charge in [-0.3, -0.25) is 4.79 Å². The summed E-state index contributed by atoms with van der Waals surface area (Å²) < 4.78 is 5.53. The molecule has 0 heterocycles. The Morgan fingerprint density at radius 2 is 1.88 bits per heavy atom. The molecule has 0 fully saturated rings. The van der Waals surface area contributed by atoms with Crippen LogP contribution in [0.2, 0.25) is 0 Å². The van der Waals surface area contributed by atoms with Crippen LogP contribution < -0.4 is 5.32 Å². The standard InChI is InChI=1S/C19H27NO4/c1-18(2,3)24-13-9-8-12-19(4,23)17(22)20-16(14-21)15-10-6-5-7-11-15/h5-7,10-11,16,21,23H,9,13-14H2,1-4H3,(H,20,22)/t16-,19?/m0/s1. The van der Waals surface area contributed by atoms with Gasteiger partial charge in [0.15, 0.2) is 0 Å². The Morgan fingerprint density at radius 3 is 2.42 bits per heavy atom. The van der Waals surface area contributed by atoms with Gasteiger partial charge in [-0.2, -0.15) is 0 Å². The van der Waals surface area contributed by atoms with Gasteiger partial charge in [-0.15, -0.1) is 0 Å². The van der Waals surface area contributed by atoms with Gasteiger partial charge in [0.25, 0.3) is 5.91 Å². The molecule has 0 aliphatic carbocycles. The van der Waals surface area contributed by atoms with Crippen LogP contribution >= 0.6 is 0 Å². The Balaban J connectivity index is 2.61. The topological polar surface area (TPSA) is 78.8 Å². The zero-order chi connectivity index (χ0) is 18.2. The minimum atomic E-state index is -1.83. The van der Waals surface area contributed by atoms with Crippen molar-refractivity contribution in [2.24, 2.45) is 0 Å². The fraction of sp³-hybridized carbons (Fsp3) is 0.526. The highest BCUT2D eigenvalue weighted by molar-refractivity contribution is 5.88. The second-order valence-electron chi connectivity index (χ2n) is 6.70. The molecule has 3 N–H and O–H groups in total. The van der Waals surface area contributed by atoms with Crippen LogP contribution in [0.1, 0.15) is 45.7 Å². The third kappa shape index (κ3) is 7.14. The van der Waals surface area contributed by atoms with E-state index in [9.17, 15) is 15.0 Å². The van der Waals surface area contributed by atoms with Gasteiger partial charge in [0.1, 0.15) is 0 Å². The van der Waals surface area contributed by atoms with Gasteiger partial charge >= 0.3 is 0 Å². The molecule has 1 unspecified atom stereocenters. The van der Waals surface area contributed by atoms with Gasteiger partial charge in [0.2, 0.25) is 5.60 Å². The molecule has 0 aliphatic rings. The number of nitrogens with one attached hydrogen (secondary N) is 1. The molecule has 1 aromatic rings. The fourth-order valence-electron chi connectivity index (χ4n) is 1.92. The molecule has 1 rings (SSSR count). The summed E-state index contributed by atoms with van der Waals surface area (Å²) in [5.74, 6) is 4.68. The molecule has 24 heavy (non-hydrogen) atoms. The summed E-state index contributed by atoms with van der Waals surface area (Å²) >= 11 is 0. The van der Waals surface area contributed by atoms with Crippen LogP contribution in [0.25, 0.3) is 0 Å². The molecular weight excluding hydrogens is 306 g/mol. The number of rotatable bonds is 6. The normalized spacial score (nSPS) is 14.9. The van der Waals surface area contributed by atoms with Crippen LogP contribution in [0.15, 0.2) is 30.3 Å². The molecule has 1 aromatic carbocycles. The van der Waals surface area contributed by atoms with Crippen molar-refractivity contribution in [3.63, 3.8) is 0 Å². The maximum Gasteiger partial charge on any atom is 0.264 e. The zero-order valence-electron chi connectivity index (χ0n) is 14.8. The van der Waals surface area contributed by atoms with Gasteiger partial charge in [-0.25, -0.2) is 0 Å². The van der Waals surface area contributed by atoms with E-state index in [2.05, 4.69) is 17.2 Å². The Bertz CT molecular complexity index is 579. The minimum absolute atomic E-state index is 0.244. The van der Waals surface area contributed by atoms with Crippen molar-refractivity contribution >= 4 is 5.91 Å². The predicted octanol–water partition coefficient (Wildman–Crippen LogP) is 1.80. The molecule has 0 aromatic heterocycles. The third-order valence-corrected chi connectivity index (χ3v) is 3.23. The highest BCUT2D eigenvalue weighted by Gasteiger charge is 2.30. The van der Waals surface area contributed by atoms with Gasteiger partial charge in [-0.1, -0.05) is 42.2 Å². The molecule has 5 heteroatoms. The van der Waals surface area contributed by atoms with Crippen molar-refractivity contribution in [3.05, 3.63) is 35.9 Å². The highest BCUT2D eigenvalue weighted by atomic mass is 16.5. The summed E-state index contributed by atoms with van der Waals surface area (Å²) in [7, 11) is 0. The molecule has 0 aliphatic heterocycles. The Labute approximate surface area is 144 Å².